The second-order valence-electron chi connectivity index (χ2n) is 6.28. The van der Waals surface area contributed by atoms with Gasteiger partial charge < -0.3 is 14.8 Å². The third-order valence-electron chi connectivity index (χ3n) is 2.68. The number of nitrogens with one attached hydrogen (secondary N) is 1. The van der Waals surface area contributed by atoms with Crippen LogP contribution in [-0.2, 0) is 9.47 Å². The molecule has 1 unspecified atom stereocenters. The molecule has 1 N–H and O–H groups in total. The summed E-state index contributed by atoms with van der Waals surface area (Å²) in [7, 11) is 1.33. The number of methoxy groups -OCH3 is 1. The second-order valence-corrected chi connectivity index (χ2v) is 7.34. The standard InChI is InChI=1S/C15H24N2O4S/c1-8(2)11-10(13(18)20-7)17-12(22-11)9(3)16-14(19)21-15(4,5)6/h8-9H,1-7H3,(H,16,19). The maximum absolute atomic E-state index is 11.8. The summed E-state index contributed by atoms with van der Waals surface area (Å²) in [6.07, 6.45) is -0.513. The van der Waals surface area contributed by atoms with E-state index < -0.39 is 17.7 Å². The van der Waals surface area contributed by atoms with Crippen LogP contribution in [0.15, 0.2) is 0 Å². The monoisotopic (exact) mass is 328 g/mol. The molecule has 0 aromatic carbocycles. The Balaban J connectivity index is 2.92. The normalized spacial score (nSPS) is 12.9. The van der Waals surface area contributed by atoms with Crippen molar-refractivity contribution in [3.8, 4) is 0 Å². The van der Waals surface area contributed by atoms with Gasteiger partial charge in [-0.05, 0) is 33.6 Å². The molecule has 0 radical (unpaired) electrons. The predicted molar refractivity (Wildman–Crippen MR) is 85.3 cm³/mol. The van der Waals surface area contributed by atoms with Crippen molar-refractivity contribution >= 4 is 23.4 Å². The minimum Gasteiger partial charge on any atom is -0.464 e. The molecule has 1 rings (SSSR count). The van der Waals surface area contributed by atoms with Gasteiger partial charge in [-0.25, -0.2) is 14.6 Å². The zero-order valence-electron chi connectivity index (χ0n) is 14.1. The Bertz CT molecular complexity index is 546. The van der Waals surface area contributed by atoms with Crippen LogP contribution >= 0.6 is 11.3 Å². The lowest BCUT2D eigenvalue weighted by Crippen LogP contribution is -2.34. The molecular formula is C15H24N2O4S. The first-order chi connectivity index (χ1) is 10.0. The number of carbonyl (C=O) groups excluding carboxylic acids is 2. The van der Waals surface area contributed by atoms with E-state index in [1.807, 2.05) is 13.8 Å². The Labute approximate surface area is 135 Å². The number of amides is 1. The number of thiazole rings is 1. The fourth-order valence-corrected chi connectivity index (χ4v) is 2.77. The van der Waals surface area contributed by atoms with E-state index in [4.69, 9.17) is 9.47 Å². The minimum absolute atomic E-state index is 0.147. The molecule has 0 spiro atoms. The SMILES string of the molecule is COC(=O)c1nc(C(C)NC(=O)OC(C)(C)C)sc1C(C)C. The summed E-state index contributed by atoms with van der Waals surface area (Å²) in [5.74, 6) is -0.315. The number of ether oxygens (including phenoxy) is 2. The quantitative estimate of drug-likeness (QED) is 0.854. The van der Waals surface area contributed by atoms with E-state index in [1.54, 1.807) is 27.7 Å². The maximum Gasteiger partial charge on any atom is 0.408 e. The molecule has 22 heavy (non-hydrogen) atoms. The van der Waals surface area contributed by atoms with Crippen LogP contribution in [0.3, 0.4) is 0 Å². The molecule has 0 saturated carbocycles. The van der Waals surface area contributed by atoms with E-state index in [-0.39, 0.29) is 12.0 Å². The van der Waals surface area contributed by atoms with Crippen LogP contribution in [0.2, 0.25) is 0 Å². The number of alkyl carbamates (subject to hydrolysis) is 1. The van der Waals surface area contributed by atoms with E-state index in [0.717, 1.165) is 4.88 Å². The van der Waals surface area contributed by atoms with Gasteiger partial charge >= 0.3 is 12.1 Å². The van der Waals surface area contributed by atoms with E-state index in [2.05, 4.69) is 10.3 Å². The topological polar surface area (TPSA) is 77.5 Å². The third kappa shape index (κ3) is 4.98. The highest BCUT2D eigenvalue weighted by molar-refractivity contribution is 7.12. The van der Waals surface area contributed by atoms with Crippen molar-refractivity contribution in [2.24, 2.45) is 0 Å². The molecule has 0 aliphatic carbocycles. The van der Waals surface area contributed by atoms with Crippen LogP contribution in [0.1, 0.15) is 73.9 Å². The minimum atomic E-state index is -0.563. The molecule has 0 aliphatic heterocycles. The van der Waals surface area contributed by atoms with Crippen molar-refractivity contribution in [1.82, 2.24) is 10.3 Å². The molecule has 124 valence electrons. The van der Waals surface area contributed by atoms with E-state index >= 15 is 0 Å². The molecular weight excluding hydrogens is 304 g/mol. The van der Waals surface area contributed by atoms with Gasteiger partial charge in [0.15, 0.2) is 5.69 Å². The Morgan fingerprint density at radius 2 is 1.82 bits per heavy atom. The summed E-state index contributed by atoms with van der Waals surface area (Å²) in [4.78, 5) is 28.8. The first-order valence-corrected chi connectivity index (χ1v) is 7.95. The Morgan fingerprint density at radius 1 is 1.23 bits per heavy atom. The highest BCUT2D eigenvalue weighted by Crippen LogP contribution is 2.30. The van der Waals surface area contributed by atoms with Crippen LogP contribution < -0.4 is 5.32 Å². The summed E-state index contributed by atoms with van der Waals surface area (Å²) in [6, 6.07) is -0.351. The van der Waals surface area contributed by atoms with Crippen molar-refractivity contribution < 1.29 is 19.1 Å². The molecule has 1 heterocycles. The van der Waals surface area contributed by atoms with Gasteiger partial charge in [0.25, 0.3) is 0 Å². The van der Waals surface area contributed by atoms with Crippen molar-refractivity contribution in [3.05, 3.63) is 15.6 Å². The molecule has 1 amide bonds. The van der Waals surface area contributed by atoms with Gasteiger partial charge in [-0.1, -0.05) is 13.8 Å². The Kier molecular flexibility index (Phi) is 5.93. The molecule has 0 bridgehead atoms. The van der Waals surface area contributed by atoms with Crippen LogP contribution in [0.25, 0.3) is 0 Å². The molecule has 0 aliphatic rings. The molecule has 6 nitrogen and oxygen atoms in total. The Morgan fingerprint density at radius 3 is 2.27 bits per heavy atom. The average molecular weight is 328 g/mol. The highest BCUT2D eigenvalue weighted by Gasteiger charge is 2.25. The fraction of sp³-hybridized carbons (Fsp3) is 0.667. The highest BCUT2D eigenvalue weighted by atomic mass is 32.1. The first-order valence-electron chi connectivity index (χ1n) is 7.13. The summed E-state index contributed by atoms with van der Waals surface area (Å²) in [5.41, 5.74) is -0.247. The van der Waals surface area contributed by atoms with Crippen molar-refractivity contribution in [2.75, 3.05) is 7.11 Å². The number of esters is 1. The van der Waals surface area contributed by atoms with Crippen molar-refractivity contribution in [2.45, 2.75) is 59.1 Å². The van der Waals surface area contributed by atoms with Gasteiger partial charge in [-0.3, -0.25) is 0 Å². The summed E-state index contributed by atoms with van der Waals surface area (Å²) >= 11 is 1.40. The number of carbonyl (C=O) groups is 2. The Hall–Kier alpha value is -1.63. The lowest BCUT2D eigenvalue weighted by molar-refractivity contribution is 0.0507. The van der Waals surface area contributed by atoms with Crippen LogP contribution in [0.5, 0.6) is 0 Å². The molecule has 7 heteroatoms. The maximum atomic E-state index is 11.8. The van der Waals surface area contributed by atoms with Gasteiger partial charge in [-0.2, -0.15) is 0 Å². The van der Waals surface area contributed by atoms with Crippen molar-refractivity contribution in [1.29, 1.82) is 0 Å². The predicted octanol–water partition coefficient (Wildman–Crippen LogP) is 3.64. The summed E-state index contributed by atoms with van der Waals surface area (Å²) < 4.78 is 9.98. The zero-order valence-corrected chi connectivity index (χ0v) is 15.0. The van der Waals surface area contributed by atoms with Crippen LogP contribution in [-0.4, -0.2) is 29.8 Å². The van der Waals surface area contributed by atoms with Gasteiger partial charge in [0.1, 0.15) is 10.6 Å². The van der Waals surface area contributed by atoms with Gasteiger partial charge in [0.2, 0.25) is 0 Å². The van der Waals surface area contributed by atoms with Gasteiger partial charge in [-0.15, -0.1) is 11.3 Å². The van der Waals surface area contributed by atoms with Gasteiger partial charge in [0, 0.05) is 4.88 Å². The number of hydrogen-bond donors (Lipinski definition) is 1. The smallest absolute Gasteiger partial charge is 0.408 e. The number of aromatic nitrogens is 1. The molecule has 1 aromatic heterocycles. The zero-order chi connectivity index (χ0) is 17.1. The molecule has 1 atom stereocenters. The van der Waals surface area contributed by atoms with Crippen LogP contribution in [0.4, 0.5) is 4.79 Å². The number of nitrogens with zero attached hydrogens (tertiary/aromatic N) is 1. The number of rotatable bonds is 4. The van der Waals surface area contributed by atoms with Crippen molar-refractivity contribution in [3.63, 3.8) is 0 Å². The summed E-state index contributed by atoms with van der Waals surface area (Å²) in [5, 5.41) is 3.37. The van der Waals surface area contributed by atoms with Gasteiger partial charge in [0.05, 0.1) is 13.2 Å². The van der Waals surface area contributed by atoms with E-state index in [9.17, 15) is 9.59 Å². The molecule has 0 fully saturated rings. The molecule has 0 saturated heterocycles. The largest absolute Gasteiger partial charge is 0.464 e. The third-order valence-corrected chi connectivity index (χ3v) is 4.22. The number of hydrogen-bond acceptors (Lipinski definition) is 6. The molecule has 1 aromatic rings. The van der Waals surface area contributed by atoms with E-state index in [0.29, 0.717) is 10.7 Å². The van der Waals surface area contributed by atoms with Crippen LogP contribution in [0, 0.1) is 0 Å². The lowest BCUT2D eigenvalue weighted by Gasteiger charge is -2.21. The average Bonchev–Trinajstić information content (AvgIpc) is 2.80. The van der Waals surface area contributed by atoms with E-state index in [1.165, 1.54) is 18.4 Å². The lowest BCUT2D eigenvalue weighted by atomic mass is 10.1. The first kappa shape index (κ1) is 18.4. The second kappa shape index (κ2) is 7.09. The summed E-state index contributed by atoms with van der Waals surface area (Å²) in [6.45, 7) is 11.2. The fourth-order valence-electron chi connectivity index (χ4n) is 1.71.